The molecule has 5 heteroatoms. The number of aromatic nitrogens is 1. The summed E-state index contributed by atoms with van der Waals surface area (Å²) < 4.78 is 0. The first-order chi connectivity index (χ1) is 10.1. The topological polar surface area (TPSA) is 50.9 Å². The molecule has 0 fully saturated rings. The highest BCUT2D eigenvalue weighted by Gasteiger charge is 2.08. The second-order valence-electron chi connectivity index (χ2n) is 4.83. The second-order valence-corrected chi connectivity index (χ2v) is 5.64. The van der Waals surface area contributed by atoms with E-state index in [9.17, 15) is 0 Å². The van der Waals surface area contributed by atoms with Gasteiger partial charge in [-0.1, -0.05) is 23.2 Å². The van der Waals surface area contributed by atoms with Crippen LogP contribution in [-0.2, 0) is 0 Å². The Bertz CT molecular complexity index is 831. The van der Waals surface area contributed by atoms with E-state index in [1.54, 1.807) is 12.4 Å². The molecule has 0 bridgehead atoms. The van der Waals surface area contributed by atoms with Crippen LogP contribution in [0.5, 0.6) is 0 Å². The molecule has 0 saturated carbocycles. The monoisotopic (exact) mass is 317 g/mol. The van der Waals surface area contributed by atoms with Gasteiger partial charge < -0.3 is 11.1 Å². The van der Waals surface area contributed by atoms with E-state index in [1.807, 2.05) is 37.3 Å². The number of hydrogen-bond donors (Lipinski definition) is 2. The zero-order valence-electron chi connectivity index (χ0n) is 11.3. The molecule has 3 rings (SSSR count). The minimum absolute atomic E-state index is 0.621. The van der Waals surface area contributed by atoms with Crippen molar-refractivity contribution in [2.75, 3.05) is 11.1 Å². The molecule has 1 aromatic heterocycles. The highest BCUT2D eigenvalue weighted by molar-refractivity contribution is 6.36. The van der Waals surface area contributed by atoms with Gasteiger partial charge in [0.15, 0.2) is 0 Å². The number of aryl methyl sites for hydroxylation is 1. The molecule has 1 heterocycles. The van der Waals surface area contributed by atoms with Crippen LogP contribution in [0.1, 0.15) is 5.56 Å². The van der Waals surface area contributed by atoms with E-state index in [1.165, 1.54) is 0 Å². The largest absolute Gasteiger partial charge is 0.398 e. The molecular weight excluding hydrogens is 305 g/mol. The predicted octanol–water partition coefficient (Wildman–Crippen LogP) is 5.18. The third-order valence-corrected chi connectivity index (χ3v) is 4.09. The quantitative estimate of drug-likeness (QED) is 0.640. The van der Waals surface area contributed by atoms with Crippen molar-refractivity contribution in [3.63, 3.8) is 0 Å². The van der Waals surface area contributed by atoms with E-state index < -0.39 is 0 Å². The molecule has 3 N–H and O–H groups in total. The van der Waals surface area contributed by atoms with Crippen molar-refractivity contribution in [3.05, 3.63) is 58.3 Å². The summed E-state index contributed by atoms with van der Waals surface area (Å²) in [6, 6.07) is 9.34. The Balaban J connectivity index is 2.11. The molecular formula is C16H13Cl2N3. The van der Waals surface area contributed by atoms with Gasteiger partial charge in [-0.3, -0.25) is 4.98 Å². The smallest absolute Gasteiger partial charge is 0.0644 e. The molecule has 2 aromatic carbocycles. The fraction of sp³-hybridized carbons (Fsp3) is 0.0625. The SMILES string of the molecule is Cc1cc(Cl)c(Nc2ccc(N)c3cnccc23)cc1Cl. The van der Waals surface area contributed by atoms with Gasteiger partial charge in [-0.15, -0.1) is 0 Å². The Labute approximate surface area is 132 Å². The molecule has 0 radical (unpaired) electrons. The fourth-order valence-corrected chi connectivity index (χ4v) is 2.64. The van der Waals surface area contributed by atoms with E-state index in [4.69, 9.17) is 28.9 Å². The van der Waals surface area contributed by atoms with Crippen LogP contribution >= 0.6 is 23.2 Å². The lowest BCUT2D eigenvalue weighted by Gasteiger charge is -2.13. The number of pyridine rings is 1. The van der Waals surface area contributed by atoms with Crippen LogP contribution in [0.15, 0.2) is 42.7 Å². The van der Waals surface area contributed by atoms with Gasteiger partial charge in [-0.2, -0.15) is 0 Å². The zero-order chi connectivity index (χ0) is 15.0. The molecule has 0 aliphatic rings. The Morgan fingerprint density at radius 3 is 2.62 bits per heavy atom. The summed E-state index contributed by atoms with van der Waals surface area (Å²) in [5.74, 6) is 0. The van der Waals surface area contributed by atoms with Crippen molar-refractivity contribution in [2.45, 2.75) is 6.92 Å². The summed E-state index contributed by atoms with van der Waals surface area (Å²) in [4.78, 5) is 4.11. The van der Waals surface area contributed by atoms with Crippen molar-refractivity contribution in [1.29, 1.82) is 0 Å². The molecule has 3 nitrogen and oxygen atoms in total. The number of fused-ring (bicyclic) bond motifs is 1. The number of rotatable bonds is 2. The summed E-state index contributed by atoms with van der Waals surface area (Å²) in [5.41, 5.74) is 9.28. The number of benzene rings is 2. The molecule has 3 aromatic rings. The van der Waals surface area contributed by atoms with Crippen molar-refractivity contribution < 1.29 is 0 Å². The number of anilines is 3. The minimum atomic E-state index is 0.621. The summed E-state index contributed by atoms with van der Waals surface area (Å²) in [6.45, 7) is 1.92. The Kier molecular flexibility index (Phi) is 3.62. The van der Waals surface area contributed by atoms with Gasteiger partial charge in [0.25, 0.3) is 0 Å². The van der Waals surface area contributed by atoms with Crippen LogP contribution in [0, 0.1) is 6.92 Å². The van der Waals surface area contributed by atoms with Crippen LogP contribution in [0.25, 0.3) is 10.8 Å². The molecule has 0 aliphatic heterocycles. The third kappa shape index (κ3) is 2.62. The van der Waals surface area contributed by atoms with E-state index in [-0.39, 0.29) is 0 Å². The number of nitrogen functional groups attached to an aromatic ring is 1. The average Bonchev–Trinajstić information content (AvgIpc) is 2.48. The first kappa shape index (κ1) is 14.0. The third-order valence-electron chi connectivity index (χ3n) is 3.37. The van der Waals surface area contributed by atoms with Crippen molar-refractivity contribution in [2.24, 2.45) is 0 Å². The van der Waals surface area contributed by atoms with Crippen LogP contribution in [0.2, 0.25) is 10.0 Å². The number of nitrogens with zero attached hydrogens (tertiary/aromatic N) is 1. The molecule has 0 aliphatic carbocycles. The first-order valence-corrected chi connectivity index (χ1v) is 7.17. The van der Waals surface area contributed by atoms with Crippen molar-refractivity contribution in [1.82, 2.24) is 4.98 Å². The number of halogens is 2. The lowest BCUT2D eigenvalue weighted by molar-refractivity contribution is 1.36. The van der Waals surface area contributed by atoms with Gasteiger partial charge >= 0.3 is 0 Å². The molecule has 21 heavy (non-hydrogen) atoms. The molecule has 0 saturated heterocycles. The lowest BCUT2D eigenvalue weighted by Crippen LogP contribution is -1.96. The van der Waals surface area contributed by atoms with E-state index in [0.717, 1.165) is 27.7 Å². The van der Waals surface area contributed by atoms with Gasteiger partial charge in [0, 0.05) is 39.6 Å². The maximum Gasteiger partial charge on any atom is 0.0644 e. The van der Waals surface area contributed by atoms with Gasteiger partial charge in [-0.25, -0.2) is 0 Å². The average molecular weight is 318 g/mol. The Hall–Kier alpha value is -1.97. The molecule has 0 spiro atoms. The van der Waals surface area contributed by atoms with Gasteiger partial charge in [0.1, 0.15) is 0 Å². The standard InChI is InChI=1S/C16H13Cl2N3/c1-9-6-13(18)16(7-12(9)17)21-15-3-2-14(19)11-8-20-5-4-10(11)15/h2-8,21H,19H2,1H3. The van der Waals surface area contributed by atoms with Crippen molar-refractivity contribution in [3.8, 4) is 0 Å². The summed E-state index contributed by atoms with van der Waals surface area (Å²) >= 11 is 12.4. The number of hydrogen-bond acceptors (Lipinski definition) is 3. The maximum absolute atomic E-state index is 6.28. The highest BCUT2D eigenvalue weighted by atomic mass is 35.5. The summed E-state index contributed by atoms with van der Waals surface area (Å²) in [7, 11) is 0. The molecule has 0 atom stereocenters. The van der Waals surface area contributed by atoms with Crippen LogP contribution in [0.3, 0.4) is 0 Å². The fourth-order valence-electron chi connectivity index (χ4n) is 2.21. The normalized spacial score (nSPS) is 10.8. The van der Waals surface area contributed by atoms with Crippen LogP contribution < -0.4 is 11.1 Å². The van der Waals surface area contributed by atoms with E-state index in [0.29, 0.717) is 15.7 Å². The molecule has 106 valence electrons. The van der Waals surface area contributed by atoms with E-state index >= 15 is 0 Å². The predicted molar refractivity (Wildman–Crippen MR) is 90.6 cm³/mol. The van der Waals surface area contributed by atoms with E-state index in [2.05, 4.69) is 10.3 Å². The van der Waals surface area contributed by atoms with Crippen LogP contribution in [0.4, 0.5) is 17.1 Å². The minimum Gasteiger partial charge on any atom is -0.398 e. The molecule has 0 amide bonds. The van der Waals surface area contributed by atoms with Gasteiger partial charge in [0.2, 0.25) is 0 Å². The van der Waals surface area contributed by atoms with Crippen LogP contribution in [-0.4, -0.2) is 4.98 Å². The summed E-state index contributed by atoms with van der Waals surface area (Å²) in [6.07, 6.45) is 3.48. The molecule has 0 unspecified atom stereocenters. The van der Waals surface area contributed by atoms with Gasteiger partial charge in [-0.05, 0) is 42.8 Å². The highest BCUT2D eigenvalue weighted by Crippen LogP contribution is 2.34. The Morgan fingerprint density at radius 2 is 1.81 bits per heavy atom. The lowest BCUT2D eigenvalue weighted by atomic mass is 10.1. The number of nitrogens with one attached hydrogen (secondary N) is 1. The second kappa shape index (κ2) is 5.43. The number of nitrogens with two attached hydrogens (primary N) is 1. The summed E-state index contributed by atoms with van der Waals surface area (Å²) in [5, 5.41) is 6.49. The maximum atomic E-state index is 6.28. The van der Waals surface area contributed by atoms with Crippen molar-refractivity contribution >= 4 is 51.0 Å². The Morgan fingerprint density at radius 1 is 1.00 bits per heavy atom. The first-order valence-electron chi connectivity index (χ1n) is 6.41. The zero-order valence-corrected chi connectivity index (χ0v) is 12.8. The van der Waals surface area contributed by atoms with Gasteiger partial charge in [0.05, 0.1) is 10.7 Å².